The molecular weight excluding hydrogens is 450 g/mol. The molecule has 0 unspecified atom stereocenters. The lowest BCUT2D eigenvalue weighted by Gasteiger charge is -2.40. The molecule has 1 aliphatic heterocycles. The zero-order chi connectivity index (χ0) is 24.8. The smallest absolute Gasteiger partial charge is 0.311 e. The highest BCUT2D eigenvalue weighted by Gasteiger charge is 2.43. The first-order valence-electron chi connectivity index (χ1n) is 11.6. The number of nitrogens with zero attached hydrogens (tertiary/aromatic N) is 5. The molecule has 1 amide bonds. The maximum absolute atomic E-state index is 13.4. The van der Waals surface area contributed by atoms with Crippen LogP contribution in [-0.4, -0.2) is 46.3 Å². The number of ether oxygens (including phenoxy) is 3. The molecule has 1 fully saturated rings. The van der Waals surface area contributed by atoms with Gasteiger partial charge in [-0.3, -0.25) is 9.59 Å². The van der Waals surface area contributed by atoms with E-state index in [9.17, 15) is 9.59 Å². The number of hydrogen-bond acceptors (Lipinski definition) is 8. The van der Waals surface area contributed by atoms with Crippen LogP contribution in [-0.2, 0) is 27.5 Å². The molecule has 2 aromatic carbocycles. The summed E-state index contributed by atoms with van der Waals surface area (Å²) >= 11 is 0. The standard InChI is InChI=1S/C25H29N5O5/c1-4-15-29-22(26-27-28-29)16-35-25(32)20-13-14-23(31)30(17-9-11-18(33-2)12-10-17)24(20)19-7-5-6-8-21(19)34-3/h5-12,20,24H,4,13-16H2,1-3H3/t20-,24-/m0/s1. The number of hydrogen-bond donors (Lipinski definition) is 0. The third kappa shape index (κ3) is 5.11. The van der Waals surface area contributed by atoms with Gasteiger partial charge in [0.25, 0.3) is 0 Å². The Labute approximate surface area is 203 Å². The zero-order valence-electron chi connectivity index (χ0n) is 20.1. The van der Waals surface area contributed by atoms with Crippen molar-refractivity contribution in [1.29, 1.82) is 0 Å². The van der Waals surface area contributed by atoms with Crippen LogP contribution >= 0.6 is 0 Å². The lowest BCUT2D eigenvalue weighted by atomic mass is 9.83. The van der Waals surface area contributed by atoms with Gasteiger partial charge in [0.15, 0.2) is 12.4 Å². The topological polar surface area (TPSA) is 109 Å². The van der Waals surface area contributed by atoms with E-state index in [0.29, 0.717) is 36.0 Å². The average molecular weight is 480 g/mol. The maximum atomic E-state index is 13.4. The molecule has 10 nitrogen and oxygen atoms in total. The summed E-state index contributed by atoms with van der Waals surface area (Å²) in [4.78, 5) is 28.3. The highest BCUT2D eigenvalue weighted by molar-refractivity contribution is 5.97. The van der Waals surface area contributed by atoms with Crippen molar-refractivity contribution in [3.63, 3.8) is 0 Å². The number of para-hydroxylation sites is 1. The van der Waals surface area contributed by atoms with E-state index in [4.69, 9.17) is 14.2 Å². The van der Waals surface area contributed by atoms with Crippen LogP contribution in [0.25, 0.3) is 0 Å². The molecule has 0 spiro atoms. The summed E-state index contributed by atoms with van der Waals surface area (Å²) < 4.78 is 18.2. The van der Waals surface area contributed by atoms with Crippen molar-refractivity contribution in [2.75, 3.05) is 19.1 Å². The van der Waals surface area contributed by atoms with E-state index in [1.165, 1.54) is 0 Å². The highest BCUT2D eigenvalue weighted by atomic mass is 16.5. The van der Waals surface area contributed by atoms with Crippen LogP contribution in [0.5, 0.6) is 11.5 Å². The Kier molecular flexibility index (Phi) is 7.59. The fraction of sp³-hybridized carbons (Fsp3) is 0.400. The number of rotatable bonds is 9. The quantitative estimate of drug-likeness (QED) is 0.430. The maximum Gasteiger partial charge on any atom is 0.311 e. The second-order valence-electron chi connectivity index (χ2n) is 8.22. The number of carbonyl (C=O) groups excluding carboxylic acids is 2. The molecule has 35 heavy (non-hydrogen) atoms. The summed E-state index contributed by atoms with van der Waals surface area (Å²) in [5.74, 6) is 0.637. The monoisotopic (exact) mass is 479 g/mol. The van der Waals surface area contributed by atoms with Gasteiger partial charge in [-0.25, -0.2) is 4.68 Å². The van der Waals surface area contributed by atoms with E-state index >= 15 is 0 Å². The lowest BCUT2D eigenvalue weighted by Crippen LogP contribution is -2.46. The number of tetrazole rings is 1. The van der Waals surface area contributed by atoms with Gasteiger partial charge in [-0.05, 0) is 53.6 Å². The highest BCUT2D eigenvalue weighted by Crippen LogP contribution is 2.43. The molecule has 0 N–H and O–H groups in total. The largest absolute Gasteiger partial charge is 0.497 e. The molecule has 0 radical (unpaired) electrons. The minimum Gasteiger partial charge on any atom is -0.497 e. The number of piperidine rings is 1. The van der Waals surface area contributed by atoms with Crippen LogP contribution in [0.4, 0.5) is 5.69 Å². The van der Waals surface area contributed by atoms with E-state index < -0.39 is 17.9 Å². The van der Waals surface area contributed by atoms with Crippen molar-refractivity contribution >= 4 is 17.6 Å². The number of amides is 1. The summed E-state index contributed by atoms with van der Waals surface area (Å²) in [5.41, 5.74) is 1.40. The van der Waals surface area contributed by atoms with Gasteiger partial charge in [0.05, 0.1) is 26.2 Å². The minimum absolute atomic E-state index is 0.0442. The van der Waals surface area contributed by atoms with E-state index in [0.717, 1.165) is 12.0 Å². The van der Waals surface area contributed by atoms with Crippen LogP contribution in [0.2, 0.25) is 0 Å². The Morgan fingerprint density at radius 3 is 2.57 bits per heavy atom. The van der Waals surface area contributed by atoms with Gasteiger partial charge in [0.2, 0.25) is 5.91 Å². The van der Waals surface area contributed by atoms with Crippen LogP contribution in [0.1, 0.15) is 43.6 Å². The fourth-order valence-electron chi connectivity index (χ4n) is 4.41. The number of aromatic nitrogens is 4. The minimum atomic E-state index is -0.611. The van der Waals surface area contributed by atoms with Gasteiger partial charge in [-0.1, -0.05) is 25.1 Å². The molecule has 1 aromatic heterocycles. The van der Waals surface area contributed by atoms with Crippen molar-refractivity contribution in [2.24, 2.45) is 5.92 Å². The lowest BCUT2D eigenvalue weighted by molar-refractivity contribution is -0.152. The SMILES string of the molecule is CCCn1nnnc1COC(=O)[C@H]1CCC(=O)N(c2ccc(OC)cc2)[C@H]1c1ccccc1OC. The van der Waals surface area contributed by atoms with Crippen LogP contribution in [0.3, 0.4) is 0 Å². The van der Waals surface area contributed by atoms with Crippen LogP contribution < -0.4 is 14.4 Å². The third-order valence-electron chi connectivity index (χ3n) is 6.09. The van der Waals surface area contributed by atoms with Crippen molar-refractivity contribution in [1.82, 2.24) is 20.2 Å². The second-order valence-corrected chi connectivity index (χ2v) is 8.22. The first-order chi connectivity index (χ1) is 17.1. The molecule has 2 heterocycles. The number of benzene rings is 2. The molecule has 0 aliphatic carbocycles. The molecule has 2 atom stereocenters. The molecule has 10 heteroatoms. The van der Waals surface area contributed by atoms with Crippen LogP contribution in [0, 0.1) is 5.92 Å². The molecule has 3 aromatic rings. The number of anilines is 1. The summed E-state index contributed by atoms with van der Waals surface area (Å²) in [5, 5.41) is 11.6. The van der Waals surface area contributed by atoms with Crippen LogP contribution in [0.15, 0.2) is 48.5 Å². The zero-order valence-corrected chi connectivity index (χ0v) is 20.1. The average Bonchev–Trinajstić information content (AvgIpc) is 3.34. The van der Waals surface area contributed by atoms with Crippen molar-refractivity contribution in [3.8, 4) is 11.5 Å². The van der Waals surface area contributed by atoms with Crippen molar-refractivity contribution < 1.29 is 23.8 Å². The summed E-state index contributed by atoms with van der Waals surface area (Å²) in [7, 11) is 3.16. The van der Waals surface area contributed by atoms with E-state index in [1.807, 2.05) is 43.3 Å². The van der Waals surface area contributed by atoms with Crippen molar-refractivity contribution in [2.45, 2.75) is 45.4 Å². The number of methoxy groups -OCH3 is 2. The molecule has 0 saturated carbocycles. The van der Waals surface area contributed by atoms with Gasteiger partial charge in [-0.15, -0.1) is 5.10 Å². The Hall–Kier alpha value is -3.95. The predicted molar refractivity (Wildman–Crippen MR) is 127 cm³/mol. The Balaban J connectivity index is 1.68. The van der Waals surface area contributed by atoms with Gasteiger partial charge < -0.3 is 19.1 Å². The Morgan fingerprint density at radius 2 is 1.86 bits per heavy atom. The fourth-order valence-corrected chi connectivity index (χ4v) is 4.41. The normalized spacial score (nSPS) is 17.8. The first kappa shape index (κ1) is 24.2. The Bertz CT molecular complexity index is 1160. The van der Waals surface area contributed by atoms with Gasteiger partial charge in [0, 0.05) is 24.2 Å². The number of esters is 1. The van der Waals surface area contributed by atoms with E-state index in [-0.39, 0.29) is 18.9 Å². The Morgan fingerprint density at radius 1 is 1.09 bits per heavy atom. The predicted octanol–water partition coefficient (Wildman–Crippen LogP) is 3.33. The summed E-state index contributed by atoms with van der Waals surface area (Å²) in [6.45, 7) is 2.60. The molecule has 0 bridgehead atoms. The van der Waals surface area contributed by atoms with Gasteiger partial charge >= 0.3 is 5.97 Å². The van der Waals surface area contributed by atoms with Crippen molar-refractivity contribution in [3.05, 3.63) is 59.9 Å². The van der Waals surface area contributed by atoms with Gasteiger partial charge in [-0.2, -0.15) is 0 Å². The molecule has 4 rings (SSSR count). The van der Waals surface area contributed by atoms with E-state index in [1.54, 1.807) is 35.9 Å². The second kappa shape index (κ2) is 11.0. The molecule has 184 valence electrons. The molecular formula is C25H29N5O5. The van der Waals surface area contributed by atoms with E-state index in [2.05, 4.69) is 15.5 Å². The number of carbonyl (C=O) groups is 2. The number of aryl methyl sites for hydroxylation is 1. The first-order valence-corrected chi connectivity index (χ1v) is 11.6. The molecule has 1 aliphatic rings. The third-order valence-corrected chi connectivity index (χ3v) is 6.09. The summed E-state index contributed by atoms with van der Waals surface area (Å²) in [6, 6.07) is 14.0. The van der Waals surface area contributed by atoms with Gasteiger partial charge in [0.1, 0.15) is 11.5 Å². The molecule has 1 saturated heterocycles. The summed E-state index contributed by atoms with van der Waals surface area (Å²) in [6.07, 6.45) is 1.42.